The smallest absolute Gasteiger partial charge is 0.321 e. The zero-order chi connectivity index (χ0) is 16.7. The highest BCUT2D eigenvalue weighted by Gasteiger charge is 2.57. The number of rotatable bonds is 4. The zero-order valence-electron chi connectivity index (χ0n) is 14.4. The molecule has 6 atom stereocenters. The van der Waals surface area contributed by atoms with Crippen molar-refractivity contribution >= 4 is 11.9 Å². The Bertz CT molecular complexity index is 429. The van der Waals surface area contributed by atoms with E-state index in [0.717, 1.165) is 0 Å². The number of hydrogen-bond acceptors (Lipinski definition) is 4. The molecule has 22 heavy (non-hydrogen) atoms. The minimum Gasteiger partial charge on any atom is -0.366 e. The number of ether oxygens (including phenoxy) is 2. The van der Waals surface area contributed by atoms with Gasteiger partial charge < -0.3 is 14.8 Å². The van der Waals surface area contributed by atoms with Crippen LogP contribution in [0.4, 0.5) is 4.79 Å². The quantitative estimate of drug-likeness (QED) is 0.613. The Hall–Kier alpha value is -1.14. The van der Waals surface area contributed by atoms with Crippen LogP contribution in [0, 0.1) is 11.8 Å². The fourth-order valence-electron chi connectivity index (χ4n) is 3.10. The Morgan fingerprint density at radius 3 is 1.68 bits per heavy atom. The average Bonchev–Trinajstić information content (AvgIpc) is 3.18. The second-order valence-electron chi connectivity index (χ2n) is 7.16. The van der Waals surface area contributed by atoms with Crippen molar-refractivity contribution < 1.29 is 19.1 Å². The molecular formula is C16H28N2O4. The summed E-state index contributed by atoms with van der Waals surface area (Å²) in [6.45, 7) is 13.5. The van der Waals surface area contributed by atoms with E-state index in [-0.39, 0.29) is 23.7 Å². The van der Waals surface area contributed by atoms with E-state index in [9.17, 15) is 9.59 Å². The van der Waals surface area contributed by atoms with Crippen LogP contribution in [-0.4, -0.2) is 41.9 Å². The molecule has 3 amide bonds. The summed E-state index contributed by atoms with van der Waals surface area (Å²) in [6, 6.07) is -0.398. The molecule has 6 heteroatoms. The standard InChI is InChI=1S/C13H24O2.C3H4N2O2/c1-8(12(5)10(3)14-12)7-9(2)13(6)11(4)15-13;6-2-1-4-3(7)5-2/h8-11H,7H2,1-6H3;1H2,(H2,4,5,6,7). The maximum absolute atomic E-state index is 10.1. The van der Waals surface area contributed by atoms with Crippen LogP contribution < -0.4 is 10.6 Å². The van der Waals surface area contributed by atoms with Crippen molar-refractivity contribution in [1.82, 2.24) is 10.6 Å². The molecule has 0 aromatic rings. The minimum absolute atomic E-state index is 0.124. The highest BCUT2D eigenvalue weighted by Crippen LogP contribution is 2.49. The summed E-state index contributed by atoms with van der Waals surface area (Å²) >= 11 is 0. The lowest BCUT2D eigenvalue weighted by atomic mass is 9.80. The lowest BCUT2D eigenvalue weighted by Gasteiger charge is -2.23. The molecule has 0 bridgehead atoms. The number of urea groups is 1. The number of hydrogen-bond donors (Lipinski definition) is 2. The van der Waals surface area contributed by atoms with E-state index >= 15 is 0 Å². The predicted octanol–water partition coefficient (Wildman–Crippen LogP) is 1.83. The summed E-state index contributed by atoms with van der Waals surface area (Å²) in [5, 5.41) is 4.30. The molecule has 3 saturated heterocycles. The summed E-state index contributed by atoms with van der Waals surface area (Å²) in [4.78, 5) is 20.1. The van der Waals surface area contributed by atoms with Gasteiger partial charge in [-0.2, -0.15) is 0 Å². The van der Waals surface area contributed by atoms with Crippen molar-refractivity contribution in [1.29, 1.82) is 0 Å². The third-order valence-electron chi connectivity index (χ3n) is 5.69. The Balaban J connectivity index is 0.000000211. The van der Waals surface area contributed by atoms with Gasteiger partial charge in [0.15, 0.2) is 0 Å². The Kier molecular flexibility index (Phi) is 4.55. The molecule has 3 aliphatic rings. The van der Waals surface area contributed by atoms with Gasteiger partial charge in [-0.15, -0.1) is 0 Å². The van der Waals surface area contributed by atoms with E-state index in [4.69, 9.17) is 9.47 Å². The van der Waals surface area contributed by atoms with E-state index in [1.54, 1.807) is 0 Å². The number of carbonyl (C=O) groups excluding carboxylic acids is 2. The number of epoxide rings is 2. The number of carbonyl (C=O) groups is 2. The van der Waals surface area contributed by atoms with Gasteiger partial charge in [0.05, 0.1) is 30.0 Å². The Morgan fingerprint density at radius 2 is 1.50 bits per heavy atom. The Labute approximate surface area is 132 Å². The highest BCUT2D eigenvalue weighted by atomic mass is 16.6. The second-order valence-corrected chi connectivity index (χ2v) is 7.16. The molecule has 3 aliphatic heterocycles. The van der Waals surface area contributed by atoms with Gasteiger partial charge in [0, 0.05) is 0 Å². The third-order valence-corrected chi connectivity index (χ3v) is 5.69. The number of nitrogens with one attached hydrogen (secondary N) is 2. The average molecular weight is 312 g/mol. The van der Waals surface area contributed by atoms with Gasteiger partial charge in [0.2, 0.25) is 5.91 Å². The molecule has 6 nitrogen and oxygen atoms in total. The fourth-order valence-corrected chi connectivity index (χ4v) is 3.10. The molecule has 0 saturated carbocycles. The highest BCUT2D eigenvalue weighted by molar-refractivity contribution is 6.01. The van der Waals surface area contributed by atoms with Crippen LogP contribution in [0.25, 0.3) is 0 Å². The number of amides is 3. The minimum atomic E-state index is -0.398. The van der Waals surface area contributed by atoms with Crippen molar-refractivity contribution in [3.63, 3.8) is 0 Å². The first-order valence-electron chi connectivity index (χ1n) is 8.03. The predicted molar refractivity (Wildman–Crippen MR) is 82.4 cm³/mol. The molecule has 6 unspecified atom stereocenters. The summed E-state index contributed by atoms with van der Waals surface area (Å²) in [6.07, 6.45) is 2.07. The number of imide groups is 1. The molecule has 3 heterocycles. The van der Waals surface area contributed by atoms with Crippen molar-refractivity contribution in [3.8, 4) is 0 Å². The SMILES string of the molecule is CC(CC(C)C1(C)OC1C)C1(C)OC1C.O=C1CNC(=O)N1. The van der Waals surface area contributed by atoms with Gasteiger partial charge in [0.1, 0.15) is 0 Å². The lowest BCUT2D eigenvalue weighted by molar-refractivity contribution is -0.117. The molecule has 0 aromatic heterocycles. The van der Waals surface area contributed by atoms with Gasteiger partial charge in [0.25, 0.3) is 0 Å². The first-order valence-corrected chi connectivity index (χ1v) is 8.03. The van der Waals surface area contributed by atoms with Gasteiger partial charge in [-0.05, 0) is 46.0 Å². The van der Waals surface area contributed by atoms with Crippen LogP contribution >= 0.6 is 0 Å². The van der Waals surface area contributed by atoms with Crippen LogP contribution in [0.15, 0.2) is 0 Å². The molecule has 3 rings (SSSR count). The van der Waals surface area contributed by atoms with Crippen LogP contribution in [0.5, 0.6) is 0 Å². The van der Waals surface area contributed by atoms with Gasteiger partial charge in [-0.3, -0.25) is 10.1 Å². The molecule has 0 aromatic carbocycles. The van der Waals surface area contributed by atoms with Crippen molar-refractivity contribution in [2.45, 2.75) is 71.4 Å². The lowest BCUT2D eigenvalue weighted by Crippen LogP contribution is -2.28. The molecule has 0 spiro atoms. The topological polar surface area (TPSA) is 83.3 Å². The van der Waals surface area contributed by atoms with Crippen molar-refractivity contribution in [2.75, 3.05) is 6.54 Å². The largest absolute Gasteiger partial charge is 0.366 e. The van der Waals surface area contributed by atoms with Crippen LogP contribution in [0.3, 0.4) is 0 Å². The van der Waals surface area contributed by atoms with E-state index in [1.165, 1.54) is 6.42 Å². The first kappa shape index (κ1) is 17.2. The van der Waals surface area contributed by atoms with Gasteiger partial charge >= 0.3 is 6.03 Å². The van der Waals surface area contributed by atoms with Gasteiger partial charge in [-0.1, -0.05) is 13.8 Å². The van der Waals surface area contributed by atoms with Crippen LogP contribution in [0.2, 0.25) is 0 Å². The van der Waals surface area contributed by atoms with E-state index in [1.807, 2.05) is 5.32 Å². The van der Waals surface area contributed by atoms with Crippen LogP contribution in [-0.2, 0) is 14.3 Å². The van der Waals surface area contributed by atoms with E-state index < -0.39 is 6.03 Å². The van der Waals surface area contributed by atoms with Crippen LogP contribution in [0.1, 0.15) is 48.0 Å². The molecule has 0 radical (unpaired) electrons. The van der Waals surface area contributed by atoms with Gasteiger partial charge in [-0.25, -0.2) is 4.79 Å². The van der Waals surface area contributed by atoms with Crippen molar-refractivity contribution in [3.05, 3.63) is 0 Å². The molecule has 126 valence electrons. The third kappa shape index (κ3) is 3.43. The van der Waals surface area contributed by atoms with Crippen molar-refractivity contribution in [2.24, 2.45) is 11.8 Å². The molecule has 3 fully saturated rings. The zero-order valence-corrected chi connectivity index (χ0v) is 14.4. The second kappa shape index (κ2) is 5.81. The summed E-state index contributed by atoms with van der Waals surface area (Å²) in [5.41, 5.74) is 0.255. The summed E-state index contributed by atoms with van der Waals surface area (Å²) in [5.74, 6) is 0.983. The monoisotopic (exact) mass is 312 g/mol. The summed E-state index contributed by atoms with van der Waals surface area (Å²) in [7, 11) is 0. The maximum atomic E-state index is 10.1. The molecule has 0 aliphatic carbocycles. The Morgan fingerprint density at radius 1 is 1.09 bits per heavy atom. The van der Waals surface area contributed by atoms with E-state index in [2.05, 4.69) is 46.9 Å². The molecule has 2 N–H and O–H groups in total. The van der Waals surface area contributed by atoms with E-state index in [0.29, 0.717) is 24.0 Å². The normalized spacial score (nSPS) is 41.7. The maximum Gasteiger partial charge on any atom is 0.321 e. The molecular weight excluding hydrogens is 284 g/mol. The first-order chi connectivity index (χ1) is 10.1. The fraction of sp³-hybridized carbons (Fsp3) is 0.875. The summed E-state index contributed by atoms with van der Waals surface area (Å²) < 4.78 is 11.4.